The molecular formula is C19H19ClN4O3S3. The van der Waals surface area contributed by atoms with Crippen LogP contribution >= 0.6 is 34.7 Å². The fourth-order valence-corrected chi connectivity index (χ4v) is 5.40. The third kappa shape index (κ3) is 5.31. The van der Waals surface area contributed by atoms with Gasteiger partial charge in [0.2, 0.25) is 5.13 Å². The van der Waals surface area contributed by atoms with Gasteiger partial charge in [-0.05, 0) is 55.0 Å². The van der Waals surface area contributed by atoms with Crippen molar-refractivity contribution in [2.75, 3.05) is 22.4 Å². The van der Waals surface area contributed by atoms with Gasteiger partial charge in [-0.1, -0.05) is 41.6 Å². The summed E-state index contributed by atoms with van der Waals surface area (Å²) >= 11 is 8.74. The molecule has 0 aliphatic heterocycles. The Kier molecular flexibility index (Phi) is 7.35. The molecule has 1 aromatic heterocycles. The van der Waals surface area contributed by atoms with Gasteiger partial charge in [-0.3, -0.25) is 14.4 Å². The predicted octanol–water partition coefficient (Wildman–Crippen LogP) is 4.77. The number of carbonyl (C=O) groups excluding carboxylic acids is 1. The number of nitrogens with one attached hydrogen (secondary N) is 1. The molecule has 0 saturated heterocycles. The zero-order valence-corrected chi connectivity index (χ0v) is 19.4. The van der Waals surface area contributed by atoms with E-state index in [0.717, 1.165) is 20.8 Å². The monoisotopic (exact) mass is 482 g/mol. The molecule has 0 fully saturated rings. The molecule has 30 heavy (non-hydrogen) atoms. The predicted molar refractivity (Wildman–Crippen MR) is 122 cm³/mol. The van der Waals surface area contributed by atoms with E-state index in [1.807, 2.05) is 0 Å². The maximum atomic E-state index is 12.8. The number of hydrogen-bond donors (Lipinski definition) is 1. The van der Waals surface area contributed by atoms with Crippen molar-refractivity contribution in [3.8, 4) is 0 Å². The van der Waals surface area contributed by atoms with Crippen LogP contribution in [0.3, 0.4) is 0 Å². The second-order valence-corrected chi connectivity index (χ2v) is 10.9. The molecule has 7 nitrogen and oxygen atoms in total. The molecule has 1 heterocycles. The van der Waals surface area contributed by atoms with Gasteiger partial charge < -0.3 is 0 Å². The number of hydrogen-bond acceptors (Lipinski definition) is 7. The van der Waals surface area contributed by atoms with Gasteiger partial charge in [0.25, 0.3) is 15.9 Å². The number of nitrogens with zero attached hydrogens (tertiary/aromatic N) is 3. The molecule has 0 spiro atoms. The zero-order valence-electron chi connectivity index (χ0n) is 16.2. The Labute approximate surface area is 188 Å². The minimum Gasteiger partial charge on any atom is -0.296 e. The van der Waals surface area contributed by atoms with Crippen molar-refractivity contribution in [2.45, 2.75) is 22.6 Å². The number of carbonyl (C=O) groups is 1. The quantitative estimate of drug-likeness (QED) is 0.367. The number of amides is 1. The molecule has 2 aromatic carbocycles. The standard InChI is InChI=1S/C19H19ClN4O3S3/c1-3-12-28-19-23-22-18(29-19)21-17(25)13-4-8-15(9-5-13)24(2)30(26,27)16-10-6-14(20)7-11-16/h4-11H,3,12H2,1-2H3,(H,21,22,25). The average molecular weight is 483 g/mol. The molecule has 1 amide bonds. The van der Waals surface area contributed by atoms with E-state index in [9.17, 15) is 13.2 Å². The fraction of sp³-hybridized carbons (Fsp3) is 0.211. The maximum Gasteiger partial charge on any atom is 0.264 e. The van der Waals surface area contributed by atoms with Crippen molar-refractivity contribution in [1.82, 2.24) is 10.2 Å². The van der Waals surface area contributed by atoms with Crippen LogP contribution in [0, 0.1) is 0 Å². The van der Waals surface area contributed by atoms with E-state index >= 15 is 0 Å². The van der Waals surface area contributed by atoms with Crippen LogP contribution in [-0.2, 0) is 10.0 Å². The minimum absolute atomic E-state index is 0.129. The summed E-state index contributed by atoms with van der Waals surface area (Å²) in [6, 6.07) is 12.2. The molecular weight excluding hydrogens is 464 g/mol. The van der Waals surface area contributed by atoms with E-state index in [-0.39, 0.29) is 10.8 Å². The van der Waals surface area contributed by atoms with Crippen LogP contribution in [0.25, 0.3) is 0 Å². The Morgan fingerprint density at radius 1 is 1.13 bits per heavy atom. The van der Waals surface area contributed by atoms with Crippen LogP contribution in [-0.4, -0.2) is 37.3 Å². The van der Waals surface area contributed by atoms with E-state index < -0.39 is 10.0 Å². The lowest BCUT2D eigenvalue weighted by Gasteiger charge is -2.19. The normalized spacial score (nSPS) is 11.3. The highest BCUT2D eigenvalue weighted by Gasteiger charge is 2.21. The molecule has 3 rings (SSSR count). The van der Waals surface area contributed by atoms with Crippen LogP contribution in [0.4, 0.5) is 10.8 Å². The lowest BCUT2D eigenvalue weighted by Crippen LogP contribution is -2.26. The van der Waals surface area contributed by atoms with E-state index in [2.05, 4.69) is 22.4 Å². The first-order valence-electron chi connectivity index (χ1n) is 8.93. The molecule has 0 aliphatic carbocycles. The zero-order chi connectivity index (χ0) is 21.7. The fourth-order valence-electron chi connectivity index (χ4n) is 2.40. The molecule has 0 saturated carbocycles. The van der Waals surface area contributed by atoms with Crippen LogP contribution < -0.4 is 9.62 Å². The number of anilines is 2. The smallest absolute Gasteiger partial charge is 0.264 e. The number of thioether (sulfide) groups is 1. The Morgan fingerprint density at radius 2 is 1.80 bits per heavy atom. The molecule has 0 bridgehead atoms. The number of halogens is 1. The highest BCUT2D eigenvalue weighted by Crippen LogP contribution is 2.27. The summed E-state index contributed by atoms with van der Waals surface area (Å²) in [6.45, 7) is 2.08. The first-order valence-corrected chi connectivity index (χ1v) is 12.6. The van der Waals surface area contributed by atoms with Crippen LogP contribution in [0.5, 0.6) is 0 Å². The number of sulfonamides is 1. The molecule has 0 aliphatic rings. The van der Waals surface area contributed by atoms with Gasteiger partial charge in [-0.2, -0.15) is 0 Å². The summed E-state index contributed by atoms with van der Waals surface area (Å²) < 4.78 is 27.5. The third-order valence-electron chi connectivity index (χ3n) is 4.02. The Balaban J connectivity index is 1.70. The Hall–Kier alpha value is -2.14. The second-order valence-electron chi connectivity index (χ2n) is 6.15. The van der Waals surface area contributed by atoms with Gasteiger partial charge in [0.15, 0.2) is 4.34 Å². The molecule has 158 valence electrons. The molecule has 0 atom stereocenters. The molecule has 0 radical (unpaired) electrons. The summed E-state index contributed by atoms with van der Waals surface area (Å²) in [5.74, 6) is 0.601. The van der Waals surface area contributed by atoms with Gasteiger partial charge in [0.1, 0.15) is 0 Å². The van der Waals surface area contributed by atoms with Gasteiger partial charge in [-0.25, -0.2) is 8.42 Å². The van der Waals surface area contributed by atoms with E-state index in [1.165, 1.54) is 42.6 Å². The topological polar surface area (TPSA) is 92.3 Å². The van der Waals surface area contributed by atoms with Gasteiger partial charge in [0.05, 0.1) is 10.6 Å². The molecule has 3 aromatic rings. The van der Waals surface area contributed by atoms with Crippen molar-refractivity contribution in [1.29, 1.82) is 0 Å². The van der Waals surface area contributed by atoms with Crippen LogP contribution in [0.2, 0.25) is 5.02 Å². The lowest BCUT2D eigenvalue weighted by molar-refractivity contribution is 0.102. The Bertz CT molecular complexity index is 1120. The van der Waals surface area contributed by atoms with E-state index in [0.29, 0.717) is 21.4 Å². The number of benzene rings is 2. The molecule has 0 unspecified atom stereocenters. The first-order chi connectivity index (χ1) is 14.3. The van der Waals surface area contributed by atoms with Crippen molar-refractivity contribution in [2.24, 2.45) is 0 Å². The van der Waals surface area contributed by atoms with Crippen molar-refractivity contribution in [3.05, 3.63) is 59.1 Å². The Morgan fingerprint density at radius 3 is 2.43 bits per heavy atom. The van der Waals surface area contributed by atoms with Crippen molar-refractivity contribution < 1.29 is 13.2 Å². The second kappa shape index (κ2) is 9.78. The van der Waals surface area contributed by atoms with Crippen LogP contribution in [0.15, 0.2) is 57.8 Å². The summed E-state index contributed by atoms with van der Waals surface area (Å²) in [7, 11) is -2.29. The highest BCUT2D eigenvalue weighted by molar-refractivity contribution is 8.01. The third-order valence-corrected chi connectivity index (χ3v) is 8.25. The highest BCUT2D eigenvalue weighted by atomic mass is 35.5. The van der Waals surface area contributed by atoms with Gasteiger partial charge in [-0.15, -0.1) is 10.2 Å². The number of rotatable bonds is 8. The summed E-state index contributed by atoms with van der Waals surface area (Å²) in [4.78, 5) is 12.6. The minimum atomic E-state index is -3.74. The summed E-state index contributed by atoms with van der Waals surface area (Å²) in [5.41, 5.74) is 0.810. The SMILES string of the molecule is CCCSc1nnc(NC(=O)c2ccc(N(C)S(=O)(=O)c3ccc(Cl)cc3)cc2)s1. The van der Waals surface area contributed by atoms with E-state index in [1.54, 1.807) is 36.0 Å². The number of aromatic nitrogens is 2. The summed E-state index contributed by atoms with van der Waals surface area (Å²) in [5, 5.41) is 11.6. The molecule has 1 N–H and O–H groups in total. The molecule has 11 heteroatoms. The first kappa shape index (κ1) is 22.5. The average Bonchev–Trinajstić information content (AvgIpc) is 3.19. The van der Waals surface area contributed by atoms with Crippen molar-refractivity contribution >= 4 is 61.4 Å². The maximum absolute atomic E-state index is 12.8. The lowest BCUT2D eigenvalue weighted by atomic mass is 10.2. The van der Waals surface area contributed by atoms with Crippen molar-refractivity contribution in [3.63, 3.8) is 0 Å². The summed E-state index contributed by atoms with van der Waals surface area (Å²) in [6.07, 6.45) is 1.03. The van der Waals surface area contributed by atoms with Crippen LogP contribution in [0.1, 0.15) is 23.7 Å². The largest absolute Gasteiger partial charge is 0.296 e. The van der Waals surface area contributed by atoms with Gasteiger partial charge in [0, 0.05) is 23.4 Å². The van der Waals surface area contributed by atoms with E-state index in [4.69, 9.17) is 11.6 Å². The van der Waals surface area contributed by atoms with Gasteiger partial charge >= 0.3 is 0 Å².